The molecule has 0 spiro atoms. The molecule has 3 rings (SSSR count). The molecule has 0 radical (unpaired) electrons. The molecule has 0 aromatic heterocycles. The molecule has 1 atom stereocenters. The molecule has 1 aliphatic heterocycles. The first-order valence-electron chi connectivity index (χ1n) is 9.87. The Morgan fingerprint density at radius 1 is 1.18 bits per heavy atom. The van der Waals surface area contributed by atoms with Gasteiger partial charge in [-0.1, -0.05) is 23.7 Å². The van der Waals surface area contributed by atoms with E-state index in [0.717, 1.165) is 29.3 Å². The second kappa shape index (κ2) is 10.0. The van der Waals surface area contributed by atoms with Crippen LogP contribution in [0.4, 0.5) is 23.7 Å². The number of halogens is 4. The summed E-state index contributed by atoms with van der Waals surface area (Å²) in [6.07, 6.45) is -2.66. The molecule has 0 fully saturated rings. The number of hydrogen-bond acceptors (Lipinski definition) is 5. The van der Waals surface area contributed by atoms with Gasteiger partial charge in [0.2, 0.25) is 0 Å². The molecule has 2 aromatic rings. The molecular weight excluding hydrogens is 479 g/mol. The number of nitrogens with one attached hydrogen (secondary N) is 1. The number of alkyl halides is 3. The van der Waals surface area contributed by atoms with E-state index < -0.39 is 29.2 Å². The van der Waals surface area contributed by atoms with Gasteiger partial charge in [-0.05, 0) is 55.1 Å². The predicted molar refractivity (Wildman–Crippen MR) is 123 cm³/mol. The normalized spacial score (nSPS) is 18.1. The summed E-state index contributed by atoms with van der Waals surface area (Å²) in [7, 11) is 0. The summed E-state index contributed by atoms with van der Waals surface area (Å²) < 4.78 is 43.7. The average Bonchev–Trinajstić information content (AvgIpc) is 3.15. The standard InChI is InChI=1S/C22H21ClF3N3O3S/c1-3-32-19(30)21(13-33-2)12-29(28-18(21)14-4-8-16(23)9-5-14)20(31)27-17-10-6-15(7-11-17)22(24,25)26/h4-11H,3,12-13H2,1-2H3,(H,27,31). The second-order valence-electron chi connectivity index (χ2n) is 7.25. The van der Waals surface area contributed by atoms with Crippen molar-refractivity contribution >= 4 is 46.8 Å². The molecule has 176 valence electrons. The van der Waals surface area contributed by atoms with E-state index in [1.165, 1.54) is 11.8 Å². The van der Waals surface area contributed by atoms with Gasteiger partial charge in [0.15, 0.2) is 0 Å². The fourth-order valence-corrected chi connectivity index (χ4v) is 4.39. The molecular formula is C22H21ClF3N3O3S. The zero-order valence-electron chi connectivity index (χ0n) is 17.8. The predicted octanol–water partition coefficient (Wildman–Crippen LogP) is 5.52. The summed E-state index contributed by atoms with van der Waals surface area (Å²) in [5.74, 6) is -0.213. The monoisotopic (exact) mass is 499 g/mol. The van der Waals surface area contributed by atoms with E-state index >= 15 is 0 Å². The quantitative estimate of drug-likeness (QED) is 0.531. The Balaban J connectivity index is 1.92. The maximum atomic E-state index is 13.1. The number of anilines is 1. The van der Waals surface area contributed by atoms with Crippen molar-refractivity contribution in [1.82, 2.24) is 5.01 Å². The smallest absolute Gasteiger partial charge is 0.416 e. The molecule has 0 saturated carbocycles. The van der Waals surface area contributed by atoms with Crippen LogP contribution in [0.1, 0.15) is 18.1 Å². The number of hydrazone groups is 1. The first-order valence-corrected chi connectivity index (χ1v) is 11.6. The number of ether oxygens (including phenoxy) is 1. The number of carbonyl (C=O) groups excluding carboxylic acids is 2. The average molecular weight is 500 g/mol. The van der Waals surface area contributed by atoms with Crippen LogP contribution in [0.15, 0.2) is 53.6 Å². The van der Waals surface area contributed by atoms with E-state index in [9.17, 15) is 22.8 Å². The van der Waals surface area contributed by atoms with Crippen LogP contribution in [-0.4, -0.2) is 47.9 Å². The number of amides is 2. The van der Waals surface area contributed by atoms with Crippen molar-refractivity contribution in [2.45, 2.75) is 13.1 Å². The third-order valence-electron chi connectivity index (χ3n) is 4.97. The number of thioether (sulfide) groups is 1. The van der Waals surface area contributed by atoms with E-state index in [1.807, 2.05) is 6.26 Å². The fraction of sp³-hybridized carbons (Fsp3) is 0.318. The first-order chi connectivity index (χ1) is 15.6. The molecule has 0 aliphatic carbocycles. The van der Waals surface area contributed by atoms with E-state index in [-0.39, 0.29) is 18.8 Å². The lowest BCUT2D eigenvalue weighted by Crippen LogP contribution is -2.46. The number of carbonyl (C=O) groups is 2. The summed E-state index contributed by atoms with van der Waals surface area (Å²) in [6, 6.07) is 10.1. The Labute approximate surface area is 198 Å². The fourth-order valence-electron chi connectivity index (χ4n) is 3.42. The summed E-state index contributed by atoms with van der Waals surface area (Å²) in [6.45, 7) is 1.76. The van der Waals surface area contributed by atoms with Crippen LogP contribution in [0.2, 0.25) is 5.02 Å². The minimum Gasteiger partial charge on any atom is -0.465 e. The third-order valence-corrected chi connectivity index (χ3v) is 6.00. The number of esters is 1. The van der Waals surface area contributed by atoms with Crippen molar-refractivity contribution in [2.24, 2.45) is 10.5 Å². The van der Waals surface area contributed by atoms with E-state index in [4.69, 9.17) is 16.3 Å². The number of benzene rings is 2. The van der Waals surface area contributed by atoms with Crippen molar-refractivity contribution in [3.8, 4) is 0 Å². The SMILES string of the molecule is CCOC(=O)C1(CSC)CN(C(=O)Nc2ccc(C(F)(F)F)cc2)N=C1c1ccc(Cl)cc1. The number of urea groups is 1. The van der Waals surface area contributed by atoms with E-state index in [0.29, 0.717) is 22.1 Å². The zero-order valence-corrected chi connectivity index (χ0v) is 19.4. The Kier molecular flexibility index (Phi) is 7.58. The molecule has 0 bridgehead atoms. The minimum atomic E-state index is -4.48. The summed E-state index contributed by atoms with van der Waals surface area (Å²) in [4.78, 5) is 26.0. The Morgan fingerprint density at radius 2 is 1.82 bits per heavy atom. The van der Waals surface area contributed by atoms with Gasteiger partial charge in [-0.15, -0.1) is 0 Å². The molecule has 33 heavy (non-hydrogen) atoms. The maximum absolute atomic E-state index is 13.1. The van der Waals surface area contributed by atoms with Crippen molar-refractivity contribution < 1.29 is 27.5 Å². The van der Waals surface area contributed by atoms with Gasteiger partial charge in [-0.2, -0.15) is 30.0 Å². The molecule has 1 heterocycles. The van der Waals surface area contributed by atoms with Crippen molar-refractivity contribution in [2.75, 3.05) is 30.5 Å². The van der Waals surface area contributed by atoms with Gasteiger partial charge in [-0.25, -0.2) is 9.80 Å². The van der Waals surface area contributed by atoms with Gasteiger partial charge in [0.25, 0.3) is 0 Å². The number of rotatable bonds is 6. The summed E-state index contributed by atoms with van der Waals surface area (Å²) >= 11 is 7.39. The molecule has 0 saturated heterocycles. The van der Waals surface area contributed by atoms with Crippen LogP contribution in [0.25, 0.3) is 0 Å². The molecule has 1 unspecified atom stereocenters. The van der Waals surface area contributed by atoms with Gasteiger partial charge >= 0.3 is 18.2 Å². The first kappa shape index (κ1) is 24.9. The topological polar surface area (TPSA) is 71.0 Å². The summed E-state index contributed by atoms with van der Waals surface area (Å²) in [5.41, 5.74) is -0.928. The Hall–Kier alpha value is -2.72. The van der Waals surface area contributed by atoms with E-state index in [2.05, 4.69) is 10.4 Å². The Morgan fingerprint density at radius 3 is 2.36 bits per heavy atom. The lowest BCUT2D eigenvalue weighted by Gasteiger charge is -2.27. The highest BCUT2D eigenvalue weighted by Crippen LogP contribution is 2.37. The van der Waals surface area contributed by atoms with Crippen LogP contribution in [0.5, 0.6) is 0 Å². The third kappa shape index (κ3) is 5.44. The molecule has 6 nitrogen and oxygen atoms in total. The van der Waals surface area contributed by atoms with Crippen LogP contribution in [-0.2, 0) is 15.7 Å². The van der Waals surface area contributed by atoms with Crippen LogP contribution in [0, 0.1) is 5.41 Å². The summed E-state index contributed by atoms with van der Waals surface area (Å²) in [5, 5.41) is 8.54. The van der Waals surface area contributed by atoms with Gasteiger partial charge < -0.3 is 10.1 Å². The Bertz CT molecular complexity index is 1050. The van der Waals surface area contributed by atoms with Crippen LogP contribution in [0.3, 0.4) is 0 Å². The van der Waals surface area contributed by atoms with Gasteiger partial charge in [0.1, 0.15) is 5.41 Å². The van der Waals surface area contributed by atoms with Gasteiger partial charge in [0, 0.05) is 16.5 Å². The van der Waals surface area contributed by atoms with Gasteiger partial charge in [-0.3, -0.25) is 4.79 Å². The molecule has 2 aromatic carbocycles. The number of nitrogens with zero attached hydrogens (tertiary/aromatic N) is 2. The number of hydrogen-bond donors (Lipinski definition) is 1. The highest BCUT2D eigenvalue weighted by atomic mass is 35.5. The lowest BCUT2D eigenvalue weighted by atomic mass is 9.82. The minimum absolute atomic E-state index is 0.0862. The van der Waals surface area contributed by atoms with Crippen molar-refractivity contribution in [1.29, 1.82) is 0 Å². The largest absolute Gasteiger partial charge is 0.465 e. The molecule has 11 heteroatoms. The maximum Gasteiger partial charge on any atom is 0.416 e. The van der Waals surface area contributed by atoms with Crippen LogP contribution < -0.4 is 5.32 Å². The zero-order chi connectivity index (χ0) is 24.2. The van der Waals surface area contributed by atoms with Crippen LogP contribution >= 0.6 is 23.4 Å². The van der Waals surface area contributed by atoms with E-state index in [1.54, 1.807) is 31.2 Å². The van der Waals surface area contributed by atoms with Crippen molar-refractivity contribution in [3.63, 3.8) is 0 Å². The molecule has 1 aliphatic rings. The second-order valence-corrected chi connectivity index (χ2v) is 8.56. The lowest BCUT2D eigenvalue weighted by molar-refractivity contribution is -0.150. The van der Waals surface area contributed by atoms with Gasteiger partial charge in [0.05, 0.1) is 24.4 Å². The highest BCUT2D eigenvalue weighted by molar-refractivity contribution is 7.98. The molecule has 2 amide bonds. The highest BCUT2D eigenvalue weighted by Gasteiger charge is 2.52. The van der Waals surface area contributed by atoms with Crippen molar-refractivity contribution in [3.05, 3.63) is 64.7 Å². The molecule has 1 N–H and O–H groups in total.